The van der Waals surface area contributed by atoms with E-state index >= 15 is 0 Å². The van der Waals surface area contributed by atoms with Gasteiger partial charge in [0.05, 0.1) is 13.2 Å². The molecule has 0 aliphatic carbocycles. The standard InChI is InChI=1S/C12H18N4O5/c1-2-21-12(20)15-5-3-14(4-6-15)10(18)8-16-9(17)7-13-11(16)19/h2-8H2,1H3,(H,13,19). The van der Waals surface area contributed by atoms with E-state index in [1.165, 1.54) is 9.80 Å². The Labute approximate surface area is 121 Å². The first kappa shape index (κ1) is 15.1. The van der Waals surface area contributed by atoms with Crippen molar-refractivity contribution >= 4 is 23.9 Å². The zero-order valence-corrected chi connectivity index (χ0v) is 11.8. The molecular weight excluding hydrogens is 280 g/mol. The highest BCUT2D eigenvalue weighted by atomic mass is 16.6. The minimum atomic E-state index is -0.543. The van der Waals surface area contributed by atoms with Crippen LogP contribution in [-0.2, 0) is 14.3 Å². The highest BCUT2D eigenvalue weighted by molar-refractivity contribution is 6.04. The third-order valence-corrected chi connectivity index (χ3v) is 3.39. The van der Waals surface area contributed by atoms with Gasteiger partial charge in [0.25, 0.3) is 5.91 Å². The van der Waals surface area contributed by atoms with Crippen LogP contribution in [0.1, 0.15) is 6.92 Å². The molecular formula is C12H18N4O5. The second-order valence-electron chi connectivity index (χ2n) is 4.71. The van der Waals surface area contributed by atoms with Crippen molar-refractivity contribution in [3.63, 3.8) is 0 Å². The summed E-state index contributed by atoms with van der Waals surface area (Å²) in [6.45, 7) is 3.20. The van der Waals surface area contributed by atoms with Gasteiger partial charge < -0.3 is 19.9 Å². The number of hydrogen-bond acceptors (Lipinski definition) is 5. The van der Waals surface area contributed by atoms with Crippen LogP contribution in [0.2, 0.25) is 0 Å². The van der Waals surface area contributed by atoms with E-state index in [0.717, 1.165) is 4.90 Å². The third-order valence-electron chi connectivity index (χ3n) is 3.39. The van der Waals surface area contributed by atoms with E-state index in [2.05, 4.69) is 5.32 Å². The molecule has 0 unspecified atom stereocenters. The van der Waals surface area contributed by atoms with Crippen LogP contribution in [0.4, 0.5) is 9.59 Å². The van der Waals surface area contributed by atoms with Crippen molar-refractivity contribution in [1.29, 1.82) is 0 Å². The fourth-order valence-corrected chi connectivity index (χ4v) is 2.20. The lowest BCUT2D eigenvalue weighted by Crippen LogP contribution is -2.53. The smallest absolute Gasteiger partial charge is 0.409 e. The molecule has 2 saturated heterocycles. The molecule has 5 amide bonds. The van der Waals surface area contributed by atoms with Gasteiger partial charge in [-0.25, -0.2) is 9.59 Å². The van der Waals surface area contributed by atoms with E-state index in [0.29, 0.717) is 32.8 Å². The fourth-order valence-electron chi connectivity index (χ4n) is 2.20. The van der Waals surface area contributed by atoms with Crippen molar-refractivity contribution in [2.45, 2.75) is 6.92 Å². The quantitative estimate of drug-likeness (QED) is 0.663. The minimum absolute atomic E-state index is 0.0667. The molecule has 0 bridgehead atoms. The van der Waals surface area contributed by atoms with Crippen molar-refractivity contribution in [3.8, 4) is 0 Å². The van der Waals surface area contributed by atoms with Gasteiger partial charge in [0.1, 0.15) is 6.54 Å². The van der Waals surface area contributed by atoms with Gasteiger partial charge in [-0.3, -0.25) is 14.5 Å². The molecule has 21 heavy (non-hydrogen) atoms. The number of carbonyl (C=O) groups is 4. The Bertz CT molecular complexity index is 443. The largest absolute Gasteiger partial charge is 0.450 e. The number of carbonyl (C=O) groups excluding carboxylic acids is 4. The number of amides is 5. The van der Waals surface area contributed by atoms with Crippen molar-refractivity contribution in [3.05, 3.63) is 0 Å². The van der Waals surface area contributed by atoms with Crippen LogP contribution in [-0.4, -0.2) is 84.5 Å². The van der Waals surface area contributed by atoms with E-state index in [4.69, 9.17) is 4.74 Å². The molecule has 0 aromatic carbocycles. The molecule has 2 fully saturated rings. The number of ether oxygens (including phenoxy) is 1. The maximum Gasteiger partial charge on any atom is 0.409 e. The van der Waals surface area contributed by atoms with Crippen LogP contribution in [0.5, 0.6) is 0 Å². The Balaban J connectivity index is 1.82. The number of rotatable bonds is 3. The van der Waals surface area contributed by atoms with Crippen molar-refractivity contribution < 1.29 is 23.9 Å². The number of imide groups is 1. The molecule has 9 heteroatoms. The Morgan fingerprint density at radius 3 is 2.29 bits per heavy atom. The summed E-state index contributed by atoms with van der Waals surface area (Å²) in [6.07, 6.45) is -0.390. The molecule has 2 rings (SSSR count). The lowest BCUT2D eigenvalue weighted by atomic mass is 10.3. The molecule has 0 aromatic heterocycles. The molecule has 1 N–H and O–H groups in total. The maximum atomic E-state index is 12.1. The number of nitrogens with one attached hydrogen (secondary N) is 1. The zero-order valence-electron chi connectivity index (χ0n) is 11.8. The second kappa shape index (κ2) is 6.42. The van der Waals surface area contributed by atoms with Crippen molar-refractivity contribution in [1.82, 2.24) is 20.0 Å². The summed E-state index contributed by atoms with van der Waals surface area (Å²) >= 11 is 0. The molecule has 0 aromatic rings. The summed E-state index contributed by atoms with van der Waals surface area (Å²) in [4.78, 5) is 50.4. The van der Waals surface area contributed by atoms with Crippen molar-refractivity contribution in [2.75, 3.05) is 45.9 Å². The first-order valence-electron chi connectivity index (χ1n) is 6.80. The fraction of sp³-hybridized carbons (Fsp3) is 0.667. The van der Waals surface area contributed by atoms with Gasteiger partial charge in [0.2, 0.25) is 5.91 Å². The number of piperazine rings is 1. The van der Waals surface area contributed by atoms with Crippen LogP contribution >= 0.6 is 0 Å². The molecule has 9 nitrogen and oxygen atoms in total. The highest BCUT2D eigenvalue weighted by Gasteiger charge is 2.32. The molecule has 2 aliphatic heterocycles. The molecule has 2 heterocycles. The second-order valence-corrected chi connectivity index (χ2v) is 4.71. The first-order valence-corrected chi connectivity index (χ1v) is 6.80. The summed E-state index contributed by atoms with van der Waals surface area (Å²) in [7, 11) is 0. The van der Waals surface area contributed by atoms with Gasteiger partial charge in [-0.05, 0) is 6.92 Å². The monoisotopic (exact) mass is 298 g/mol. The minimum Gasteiger partial charge on any atom is -0.450 e. The number of urea groups is 1. The Hall–Kier alpha value is -2.32. The van der Waals surface area contributed by atoms with Gasteiger partial charge >= 0.3 is 12.1 Å². The first-order chi connectivity index (χ1) is 10.0. The summed E-state index contributed by atoms with van der Waals surface area (Å²) in [6, 6.07) is -0.543. The Kier molecular flexibility index (Phi) is 4.61. The lowest BCUT2D eigenvalue weighted by molar-refractivity contribution is -0.137. The number of hydrogen-bond donors (Lipinski definition) is 1. The molecule has 116 valence electrons. The summed E-state index contributed by atoms with van der Waals surface area (Å²) < 4.78 is 4.89. The molecule has 0 radical (unpaired) electrons. The van der Waals surface area contributed by atoms with Crippen molar-refractivity contribution in [2.24, 2.45) is 0 Å². The van der Waals surface area contributed by atoms with Gasteiger partial charge in [-0.15, -0.1) is 0 Å². The summed E-state index contributed by atoms with van der Waals surface area (Å²) in [5.41, 5.74) is 0. The molecule has 0 atom stereocenters. The van der Waals surface area contributed by atoms with Gasteiger partial charge in [0.15, 0.2) is 0 Å². The van der Waals surface area contributed by atoms with E-state index in [1.54, 1.807) is 6.92 Å². The number of nitrogens with zero attached hydrogens (tertiary/aromatic N) is 3. The highest BCUT2D eigenvalue weighted by Crippen LogP contribution is 2.06. The predicted molar refractivity (Wildman–Crippen MR) is 70.3 cm³/mol. The average molecular weight is 298 g/mol. The van der Waals surface area contributed by atoms with E-state index in [-0.39, 0.29) is 19.0 Å². The lowest BCUT2D eigenvalue weighted by Gasteiger charge is -2.34. The Morgan fingerprint density at radius 2 is 1.76 bits per heavy atom. The molecule has 0 spiro atoms. The predicted octanol–water partition coefficient (Wildman–Crippen LogP) is -1.16. The Morgan fingerprint density at radius 1 is 1.14 bits per heavy atom. The van der Waals surface area contributed by atoms with E-state index < -0.39 is 18.0 Å². The van der Waals surface area contributed by atoms with Gasteiger partial charge in [-0.1, -0.05) is 0 Å². The van der Waals surface area contributed by atoms with E-state index in [1.807, 2.05) is 0 Å². The van der Waals surface area contributed by atoms with Gasteiger partial charge in [-0.2, -0.15) is 0 Å². The van der Waals surface area contributed by atoms with Crippen LogP contribution < -0.4 is 5.32 Å². The summed E-state index contributed by atoms with van der Waals surface area (Å²) in [5, 5.41) is 2.36. The summed E-state index contributed by atoms with van der Waals surface area (Å²) in [5.74, 6) is -0.706. The molecule has 0 saturated carbocycles. The third kappa shape index (κ3) is 3.41. The maximum absolute atomic E-state index is 12.1. The van der Waals surface area contributed by atoms with Crippen LogP contribution in [0.15, 0.2) is 0 Å². The van der Waals surface area contributed by atoms with Gasteiger partial charge in [0, 0.05) is 26.2 Å². The van der Waals surface area contributed by atoms with E-state index in [9.17, 15) is 19.2 Å². The SMILES string of the molecule is CCOC(=O)N1CCN(C(=O)CN2C(=O)CNC2=O)CC1. The molecule has 2 aliphatic rings. The van der Waals surface area contributed by atoms with Crippen LogP contribution in [0.3, 0.4) is 0 Å². The normalized spacial score (nSPS) is 18.8. The van der Waals surface area contributed by atoms with Crippen LogP contribution in [0.25, 0.3) is 0 Å². The average Bonchev–Trinajstić information content (AvgIpc) is 2.79. The zero-order chi connectivity index (χ0) is 15.4. The van der Waals surface area contributed by atoms with Crippen LogP contribution in [0, 0.1) is 0 Å². The topological polar surface area (TPSA) is 99.3 Å².